The second-order valence-electron chi connectivity index (χ2n) is 6.47. The van der Waals surface area contributed by atoms with Gasteiger partial charge in [-0.1, -0.05) is 28.1 Å². The first-order valence-corrected chi connectivity index (χ1v) is 10.0. The maximum absolute atomic E-state index is 12.4. The molecule has 0 radical (unpaired) electrons. The lowest BCUT2D eigenvalue weighted by Gasteiger charge is -2.19. The number of nitrogens with zero attached hydrogens (tertiary/aromatic N) is 1. The van der Waals surface area contributed by atoms with Crippen LogP contribution in [0.1, 0.15) is 13.3 Å². The Labute approximate surface area is 177 Å². The van der Waals surface area contributed by atoms with Crippen molar-refractivity contribution < 1.29 is 23.9 Å². The summed E-state index contributed by atoms with van der Waals surface area (Å²) in [5.74, 6) is -1.23. The van der Waals surface area contributed by atoms with Crippen LogP contribution in [-0.2, 0) is 19.1 Å². The van der Waals surface area contributed by atoms with Gasteiger partial charge in [0.05, 0.1) is 18.2 Å². The predicted molar refractivity (Wildman–Crippen MR) is 112 cm³/mol. The topological polar surface area (TPSA) is 84.9 Å². The largest absolute Gasteiger partial charge is 0.492 e. The number of carbonyl (C=O) groups excluding carboxylic acids is 3. The number of esters is 1. The molecule has 1 saturated heterocycles. The van der Waals surface area contributed by atoms with Gasteiger partial charge in [0.1, 0.15) is 5.75 Å². The number of rotatable bonds is 7. The lowest BCUT2D eigenvalue weighted by molar-refractivity contribution is -0.151. The summed E-state index contributed by atoms with van der Waals surface area (Å²) in [4.78, 5) is 38.3. The van der Waals surface area contributed by atoms with Crippen molar-refractivity contribution in [1.82, 2.24) is 0 Å². The summed E-state index contributed by atoms with van der Waals surface area (Å²) < 4.78 is 11.6. The molecule has 2 aromatic rings. The SMILES string of the molecule is CCOc1ccccc1N1C[C@@H](C(=O)OCC(=O)Nc2ccc(Br)cc2)CC1=O. The highest BCUT2D eigenvalue weighted by molar-refractivity contribution is 9.10. The number of nitrogens with one attached hydrogen (secondary N) is 1. The Morgan fingerprint density at radius 2 is 1.90 bits per heavy atom. The second-order valence-corrected chi connectivity index (χ2v) is 7.38. The fourth-order valence-electron chi connectivity index (χ4n) is 3.04. The van der Waals surface area contributed by atoms with Crippen molar-refractivity contribution in [3.05, 3.63) is 53.0 Å². The first-order valence-electron chi connectivity index (χ1n) is 9.22. The summed E-state index contributed by atoms with van der Waals surface area (Å²) in [5.41, 5.74) is 1.23. The third-order valence-corrected chi connectivity index (χ3v) is 4.92. The van der Waals surface area contributed by atoms with Crippen LogP contribution in [0.2, 0.25) is 0 Å². The molecular weight excluding hydrogens is 440 g/mol. The Balaban J connectivity index is 1.55. The van der Waals surface area contributed by atoms with Crippen LogP contribution in [-0.4, -0.2) is 37.5 Å². The van der Waals surface area contributed by atoms with Crippen LogP contribution < -0.4 is 15.0 Å². The van der Waals surface area contributed by atoms with E-state index in [1.807, 2.05) is 19.1 Å². The lowest BCUT2D eigenvalue weighted by Crippen LogP contribution is -2.28. The highest BCUT2D eigenvalue weighted by Gasteiger charge is 2.37. The molecule has 0 spiro atoms. The molecule has 1 N–H and O–H groups in total. The van der Waals surface area contributed by atoms with Crippen molar-refractivity contribution in [2.24, 2.45) is 5.92 Å². The van der Waals surface area contributed by atoms with Gasteiger partial charge < -0.3 is 19.7 Å². The number of hydrogen-bond donors (Lipinski definition) is 1. The van der Waals surface area contributed by atoms with E-state index < -0.39 is 24.4 Å². The number of ether oxygens (including phenoxy) is 2. The number of anilines is 2. The standard InChI is InChI=1S/C21H21BrN2O5/c1-2-28-18-6-4-3-5-17(18)24-12-14(11-20(24)26)21(27)29-13-19(25)23-16-9-7-15(22)8-10-16/h3-10,14H,2,11-13H2,1H3,(H,23,25)/t14-/m0/s1. The summed E-state index contributed by atoms with van der Waals surface area (Å²) in [7, 11) is 0. The molecule has 0 aliphatic carbocycles. The molecule has 0 aromatic heterocycles. The molecule has 1 aliphatic heterocycles. The van der Waals surface area contributed by atoms with E-state index in [1.165, 1.54) is 4.90 Å². The average molecular weight is 461 g/mol. The van der Waals surface area contributed by atoms with Gasteiger partial charge in [-0.15, -0.1) is 0 Å². The number of carbonyl (C=O) groups is 3. The van der Waals surface area contributed by atoms with E-state index in [0.29, 0.717) is 23.7 Å². The molecule has 1 aliphatic rings. The van der Waals surface area contributed by atoms with Gasteiger partial charge in [-0.25, -0.2) is 0 Å². The summed E-state index contributed by atoms with van der Waals surface area (Å²) in [6.45, 7) is 2.12. The van der Waals surface area contributed by atoms with Crippen LogP contribution in [0.4, 0.5) is 11.4 Å². The van der Waals surface area contributed by atoms with Crippen LogP contribution in [0.3, 0.4) is 0 Å². The molecular formula is C21H21BrN2O5. The van der Waals surface area contributed by atoms with Gasteiger partial charge in [0.2, 0.25) is 5.91 Å². The third kappa shape index (κ3) is 5.35. The van der Waals surface area contributed by atoms with Crippen molar-refractivity contribution in [3.63, 3.8) is 0 Å². The molecule has 29 heavy (non-hydrogen) atoms. The maximum atomic E-state index is 12.4. The second kappa shape index (κ2) is 9.56. The Bertz CT molecular complexity index is 900. The molecule has 7 nitrogen and oxygen atoms in total. The lowest BCUT2D eigenvalue weighted by atomic mass is 10.1. The van der Waals surface area contributed by atoms with E-state index in [-0.39, 0.29) is 18.9 Å². The van der Waals surface area contributed by atoms with Gasteiger partial charge in [0.25, 0.3) is 5.91 Å². The van der Waals surface area contributed by atoms with E-state index in [9.17, 15) is 14.4 Å². The van der Waals surface area contributed by atoms with E-state index in [1.54, 1.807) is 36.4 Å². The monoisotopic (exact) mass is 460 g/mol. The molecule has 0 bridgehead atoms. The first-order chi connectivity index (χ1) is 14.0. The molecule has 2 aromatic carbocycles. The van der Waals surface area contributed by atoms with E-state index in [2.05, 4.69) is 21.2 Å². The van der Waals surface area contributed by atoms with Gasteiger partial charge >= 0.3 is 5.97 Å². The Morgan fingerprint density at radius 3 is 2.62 bits per heavy atom. The number of para-hydroxylation sites is 2. The highest BCUT2D eigenvalue weighted by Crippen LogP contribution is 2.33. The van der Waals surface area contributed by atoms with Crippen molar-refractivity contribution in [2.45, 2.75) is 13.3 Å². The van der Waals surface area contributed by atoms with Gasteiger partial charge in [-0.2, -0.15) is 0 Å². The van der Waals surface area contributed by atoms with Crippen LogP contribution in [0, 0.1) is 5.92 Å². The summed E-state index contributed by atoms with van der Waals surface area (Å²) >= 11 is 3.32. The number of benzene rings is 2. The average Bonchev–Trinajstić information content (AvgIpc) is 3.10. The third-order valence-electron chi connectivity index (χ3n) is 4.39. The summed E-state index contributed by atoms with van der Waals surface area (Å²) in [5, 5.41) is 2.65. The van der Waals surface area contributed by atoms with Gasteiger partial charge in [0, 0.05) is 23.1 Å². The molecule has 0 unspecified atom stereocenters. The summed E-state index contributed by atoms with van der Waals surface area (Å²) in [6, 6.07) is 14.2. The molecule has 152 valence electrons. The van der Waals surface area contributed by atoms with Crippen molar-refractivity contribution in [1.29, 1.82) is 0 Å². The molecule has 8 heteroatoms. The van der Waals surface area contributed by atoms with Crippen LogP contribution in [0.25, 0.3) is 0 Å². The minimum absolute atomic E-state index is 0.0353. The summed E-state index contributed by atoms with van der Waals surface area (Å²) in [6.07, 6.45) is 0.0353. The minimum atomic E-state index is -0.627. The normalized spacial score (nSPS) is 15.9. The van der Waals surface area contributed by atoms with Gasteiger partial charge in [-0.3, -0.25) is 14.4 Å². The Hall–Kier alpha value is -2.87. The number of amides is 2. The van der Waals surface area contributed by atoms with Crippen molar-refractivity contribution in [2.75, 3.05) is 30.0 Å². The fourth-order valence-corrected chi connectivity index (χ4v) is 3.31. The quantitative estimate of drug-likeness (QED) is 0.640. The number of hydrogen-bond acceptors (Lipinski definition) is 5. The van der Waals surface area contributed by atoms with E-state index in [4.69, 9.17) is 9.47 Å². The van der Waals surface area contributed by atoms with Crippen molar-refractivity contribution in [3.8, 4) is 5.75 Å². The first kappa shape index (κ1) is 20.9. The molecule has 0 saturated carbocycles. The molecule has 2 amide bonds. The van der Waals surface area contributed by atoms with Crippen molar-refractivity contribution >= 4 is 45.1 Å². The van der Waals surface area contributed by atoms with Crippen LogP contribution in [0.15, 0.2) is 53.0 Å². The zero-order valence-electron chi connectivity index (χ0n) is 15.9. The number of halogens is 1. The zero-order chi connectivity index (χ0) is 20.8. The van der Waals surface area contributed by atoms with Crippen LogP contribution >= 0.6 is 15.9 Å². The van der Waals surface area contributed by atoms with E-state index >= 15 is 0 Å². The highest BCUT2D eigenvalue weighted by atomic mass is 79.9. The Kier molecular flexibility index (Phi) is 6.87. The minimum Gasteiger partial charge on any atom is -0.492 e. The molecule has 1 fully saturated rings. The smallest absolute Gasteiger partial charge is 0.311 e. The Morgan fingerprint density at radius 1 is 1.17 bits per heavy atom. The zero-order valence-corrected chi connectivity index (χ0v) is 17.5. The fraction of sp³-hybridized carbons (Fsp3) is 0.286. The van der Waals surface area contributed by atoms with Crippen LogP contribution in [0.5, 0.6) is 5.75 Å². The molecule has 3 rings (SSSR count). The maximum Gasteiger partial charge on any atom is 0.311 e. The molecule has 1 atom stereocenters. The molecule has 1 heterocycles. The predicted octanol–water partition coefficient (Wildman–Crippen LogP) is 3.38. The van der Waals surface area contributed by atoms with Gasteiger partial charge in [-0.05, 0) is 43.3 Å². The van der Waals surface area contributed by atoms with Gasteiger partial charge in [0.15, 0.2) is 6.61 Å². The van der Waals surface area contributed by atoms with E-state index in [0.717, 1.165) is 4.47 Å².